The highest BCUT2D eigenvalue weighted by Gasteiger charge is 2.12. The van der Waals surface area contributed by atoms with Gasteiger partial charge in [-0.05, 0) is 61.5 Å². The van der Waals surface area contributed by atoms with Crippen LogP contribution in [0.3, 0.4) is 0 Å². The van der Waals surface area contributed by atoms with Gasteiger partial charge in [0.1, 0.15) is 5.75 Å². The van der Waals surface area contributed by atoms with E-state index in [9.17, 15) is 9.59 Å². The van der Waals surface area contributed by atoms with Crippen LogP contribution in [-0.2, 0) is 0 Å². The van der Waals surface area contributed by atoms with Gasteiger partial charge >= 0.3 is 0 Å². The first kappa shape index (κ1) is 18.5. The average molecular weight is 381 g/mol. The van der Waals surface area contributed by atoms with Crippen LogP contribution in [0.2, 0.25) is 5.02 Å². The molecule has 0 atom stereocenters. The summed E-state index contributed by atoms with van der Waals surface area (Å²) < 4.78 is 5.87. The van der Waals surface area contributed by atoms with Crippen molar-refractivity contribution in [2.45, 2.75) is 6.92 Å². The van der Waals surface area contributed by atoms with Crippen LogP contribution in [0.1, 0.15) is 26.3 Å². The number of carbonyl (C=O) groups is 2. The molecular formula is C21H17ClN2O3. The molecule has 27 heavy (non-hydrogen) atoms. The summed E-state index contributed by atoms with van der Waals surface area (Å²) in [5.41, 5.74) is 7.47. The maximum atomic E-state index is 12.5. The summed E-state index contributed by atoms with van der Waals surface area (Å²) in [4.78, 5) is 23.7. The molecule has 5 nitrogen and oxygen atoms in total. The van der Waals surface area contributed by atoms with Gasteiger partial charge in [-0.2, -0.15) is 0 Å². The van der Waals surface area contributed by atoms with Gasteiger partial charge < -0.3 is 15.8 Å². The Hall–Kier alpha value is -3.31. The summed E-state index contributed by atoms with van der Waals surface area (Å²) in [5, 5.41) is 3.25. The highest BCUT2D eigenvalue weighted by Crippen LogP contribution is 2.32. The van der Waals surface area contributed by atoms with E-state index in [4.69, 9.17) is 22.1 Å². The zero-order valence-electron chi connectivity index (χ0n) is 14.5. The van der Waals surface area contributed by atoms with E-state index >= 15 is 0 Å². The Morgan fingerprint density at radius 2 is 1.56 bits per heavy atom. The molecule has 0 radical (unpaired) electrons. The van der Waals surface area contributed by atoms with Gasteiger partial charge in [0.2, 0.25) is 5.91 Å². The first-order chi connectivity index (χ1) is 12.9. The van der Waals surface area contributed by atoms with Crippen LogP contribution in [0.4, 0.5) is 5.69 Å². The van der Waals surface area contributed by atoms with Crippen molar-refractivity contribution in [2.24, 2.45) is 5.73 Å². The quantitative estimate of drug-likeness (QED) is 0.667. The van der Waals surface area contributed by atoms with Gasteiger partial charge in [-0.3, -0.25) is 9.59 Å². The Morgan fingerprint density at radius 3 is 2.19 bits per heavy atom. The van der Waals surface area contributed by atoms with Crippen LogP contribution in [-0.4, -0.2) is 11.8 Å². The van der Waals surface area contributed by atoms with Crippen molar-refractivity contribution < 1.29 is 14.3 Å². The van der Waals surface area contributed by atoms with Crippen LogP contribution in [0.25, 0.3) is 0 Å². The first-order valence-electron chi connectivity index (χ1n) is 8.17. The van der Waals surface area contributed by atoms with E-state index in [1.54, 1.807) is 18.2 Å². The summed E-state index contributed by atoms with van der Waals surface area (Å²) in [6.07, 6.45) is 0. The molecule has 0 aliphatic heterocycles. The van der Waals surface area contributed by atoms with Crippen LogP contribution in [0.5, 0.6) is 11.5 Å². The Kier molecular flexibility index (Phi) is 5.43. The van der Waals surface area contributed by atoms with Crippen molar-refractivity contribution in [1.82, 2.24) is 0 Å². The highest BCUT2D eigenvalue weighted by molar-refractivity contribution is 6.31. The highest BCUT2D eigenvalue weighted by atomic mass is 35.5. The molecule has 0 spiro atoms. The van der Waals surface area contributed by atoms with Gasteiger partial charge in [0.15, 0.2) is 5.75 Å². The summed E-state index contributed by atoms with van der Waals surface area (Å²) in [7, 11) is 0. The number of nitrogens with one attached hydrogen (secondary N) is 1. The minimum Gasteiger partial charge on any atom is -0.455 e. The van der Waals surface area contributed by atoms with E-state index < -0.39 is 5.91 Å². The fourth-order valence-corrected chi connectivity index (χ4v) is 2.57. The topological polar surface area (TPSA) is 81.4 Å². The smallest absolute Gasteiger partial charge is 0.255 e. The van der Waals surface area contributed by atoms with Crippen LogP contribution in [0, 0.1) is 6.92 Å². The van der Waals surface area contributed by atoms with Gasteiger partial charge in [0, 0.05) is 16.1 Å². The van der Waals surface area contributed by atoms with Gasteiger partial charge in [-0.25, -0.2) is 0 Å². The summed E-state index contributed by atoms with van der Waals surface area (Å²) in [5.74, 6) is 0.196. The third kappa shape index (κ3) is 4.65. The SMILES string of the molecule is Cc1ccc(Oc2ccc(Cl)cc2NC(=O)c2ccc(C(N)=O)cc2)cc1. The lowest BCUT2D eigenvalue weighted by molar-refractivity contribution is 0.0995. The predicted octanol–water partition coefficient (Wildman–Crippen LogP) is 4.79. The summed E-state index contributed by atoms with van der Waals surface area (Å²) in [6.45, 7) is 1.99. The largest absolute Gasteiger partial charge is 0.455 e. The molecule has 0 fully saturated rings. The second-order valence-corrected chi connectivity index (χ2v) is 6.39. The maximum Gasteiger partial charge on any atom is 0.255 e. The van der Waals surface area contributed by atoms with Gasteiger partial charge in [-0.1, -0.05) is 29.3 Å². The number of anilines is 1. The van der Waals surface area contributed by atoms with Crippen molar-refractivity contribution >= 4 is 29.1 Å². The first-order valence-corrected chi connectivity index (χ1v) is 8.55. The van der Waals surface area contributed by atoms with E-state index in [1.165, 1.54) is 24.3 Å². The van der Waals surface area contributed by atoms with Crippen molar-refractivity contribution in [3.8, 4) is 11.5 Å². The average Bonchev–Trinajstić information content (AvgIpc) is 2.65. The Balaban J connectivity index is 1.82. The van der Waals surface area contributed by atoms with Crippen molar-refractivity contribution in [3.05, 3.63) is 88.4 Å². The molecule has 3 aromatic carbocycles. The molecule has 0 aromatic heterocycles. The molecule has 0 unspecified atom stereocenters. The number of halogens is 1. The lowest BCUT2D eigenvalue weighted by atomic mass is 10.1. The second-order valence-electron chi connectivity index (χ2n) is 5.95. The zero-order chi connectivity index (χ0) is 19.4. The van der Waals surface area contributed by atoms with Gasteiger partial charge in [0.05, 0.1) is 5.69 Å². The maximum absolute atomic E-state index is 12.5. The molecular weight excluding hydrogens is 364 g/mol. The number of hydrogen-bond acceptors (Lipinski definition) is 3. The van der Waals surface area contributed by atoms with Crippen molar-refractivity contribution in [3.63, 3.8) is 0 Å². The predicted molar refractivity (Wildman–Crippen MR) is 106 cm³/mol. The monoisotopic (exact) mass is 380 g/mol. The van der Waals surface area contributed by atoms with Gasteiger partial charge in [-0.15, -0.1) is 0 Å². The van der Waals surface area contributed by atoms with Crippen LogP contribution >= 0.6 is 11.6 Å². The van der Waals surface area contributed by atoms with E-state index in [0.717, 1.165) is 5.56 Å². The third-order valence-corrected chi connectivity index (χ3v) is 4.11. The number of carbonyl (C=O) groups excluding carboxylic acids is 2. The Labute approximate surface area is 161 Å². The number of amides is 2. The molecule has 3 N–H and O–H groups in total. The molecule has 0 saturated carbocycles. The van der Waals surface area contributed by atoms with E-state index in [-0.39, 0.29) is 5.91 Å². The number of benzene rings is 3. The fraction of sp³-hybridized carbons (Fsp3) is 0.0476. The second kappa shape index (κ2) is 7.93. The summed E-state index contributed by atoms with van der Waals surface area (Å²) >= 11 is 6.07. The summed E-state index contributed by atoms with van der Waals surface area (Å²) in [6, 6.07) is 18.6. The minimum atomic E-state index is -0.550. The van der Waals surface area contributed by atoms with E-state index in [0.29, 0.717) is 33.3 Å². The van der Waals surface area contributed by atoms with Crippen molar-refractivity contribution in [1.29, 1.82) is 0 Å². The van der Waals surface area contributed by atoms with E-state index in [2.05, 4.69) is 5.32 Å². The zero-order valence-corrected chi connectivity index (χ0v) is 15.3. The standard InChI is InChI=1S/C21H17ClN2O3/c1-13-2-9-17(10-3-13)27-19-11-8-16(22)12-18(19)24-21(26)15-6-4-14(5-7-15)20(23)25/h2-12H,1H3,(H2,23,25)(H,24,26). The molecule has 0 saturated heterocycles. The molecule has 0 aliphatic rings. The fourth-order valence-electron chi connectivity index (χ4n) is 2.40. The lowest BCUT2D eigenvalue weighted by Crippen LogP contribution is -2.14. The molecule has 3 rings (SSSR count). The number of ether oxygens (including phenoxy) is 1. The minimum absolute atomic E-state index is 0.331. The molecule has 6 heteroatoms. The Morgan fingerprint density at radius 1 is 0.926 bits per heavy atom. The van der Waals surface area contributed by atoms with Gasteiger partial charge in [0.25, 0.3) is 5.91 Å². The lowest BCUT2D eigenvalue weighted by Gasteiger charge is -2.13. The number of nitrogens with two attached hydrogens (primary N) is 1. The third-order valence-electron chi connectivity index (χ3n) is 3.87. The Bertz CT molecular complexity index is 983. The molecule has 0 heterocycles. The molecule has 3 aromatic rings. The van der Waals surface area contributed by atoms with Crippen LogP contribution in [0.15, 0.2) is 66.7 Å². The number of aryl methyl sites for hydroxylation is 1. The molecule has 136 valence electrons. The normalized spacial score (nSPS) is 10.3. The molecule has 0 aliphatic carbocycles. The number of hydrogen-bond donors (Lipinski definition) is 2. The molecule has 2 amide bonds. The number of rotatable bonds is 5. The molecule has 0 bridgehead atoms. The van der Waals surface area contributed by atoms with Crippen molar-refractivity contribution in [2.75, 3.05) is 5.32 Å². The van der Waals surface area contributed by atoms with E-state index in [1.807, 2.05) is 31.2 Å². The van der Waals surface area contributed by atoms with Crippen LogP contribution < -0.4 is 15.8 Å². The number of primary amides is 1.